The molecule has 18 heavy (non-hydrogen) atoms. The van der Waals surface area contributed by atoms with Crippen molar-refractivity contribution in [3.8, 4) is 0 Å². The lowest BCUT2D eigenvalue weighted by Crippen LogP contribution is -2.32. The van der Waals surface area contributed by atoms with Crippen LogP contribution in [0.25, 0.3) is 0 Å². The van der Waals surface area contributed by atoms with Gasteiger partial charge in [0, 0.05) is 19.7 Å². The highest BCUT2D eigenvalue weighted by molar-refractivity contribution is 5.93. The predicted molar refractivity (Wildman–Crippen MR) is 63.4 cm³/mol. The Morgan fingerprint density at radius 2 is 2.44 bits per heavy atom. The van der Waals surface area contributed by atoms with Crippen LogP contribution >= 0.6 is 0 Å². The lowest BCUT2D eigenvalue weighted by atomic mass is 10.2. The van der Waals surface area contributed by atoms with E-state index < -0.39 is 11.8 Å². The van der Waals surface area contributed by atoms with E-state index in [1.54, 1.807) is 0 Å². The molecule has 0 aliphatic carbocycles. The lowest BCUT2D eigenvalue weighted by molar-refractivity contribution is 0.0695. The van der Waals surface area contributed by atoms with Crippen LogP contribution in [-0.4, -0.2) is 41.9 Å². The molecule has 0 saturated carbocycles. The van der Waals surface area contributed by atoms with Crippen LogP contribution in [-0.2, 0) is 4.74 Å². The van der Waals surface area contributed by atoms with E-state index in [1.807, 2.05) is 11.8 Å². The standard InChI is InChI=1S/C12H15FN2O3/c1-8-7-15(3-2-4-18-8)11-10(12(16)17)5-9(13)6-14-11/h5-6,8H,2-4,7H2,1H3,(H,16,17). The van der Waals surface area contributed by atoms with E-state index in [0.717, 1.165) is 18.7 Å². The van der Waals surface area contributed by atoms with E-state index in [0.29, 0.717) is 25.5 Å². The average molecular weight is 254 g/mol. The van der Waals surface area contributed by atoms with Gasteiger partial charge in [-0.1, -0.05) is 0 Å². The summed E-state index contributed by atoms with van der Waals surface area (Å²) in [6.45, 7) is 3.77. The molecule has 2 heterocycles. The van der Waals surface area contributed by atoms with Gasteiger partial charge < -0.3 is 14.7 Å². The highest BCUT2D eigenvalue weighted by atomic mass is 19.1. The summed E-state index contributed by atoms with van der Waals surface area (Å²) in [4.78, 5) is 16.9. The molecule has 1 aromatic heterocycles. The molecule has 0 radical (unpaired) electrons. The SMILES string of the molecule is CC1CN(c2ncc(F)cc2C(=O)O)CCCO1. The number of rotatable bonds is 2. The molecule has 0 spiro atoms. The Balaban J connectivity index is 2.33. The van der Waals surface area contributed by atoms with Crippen LogP contribution < -0.4 is 4.90 Å². The third-order valence-electron chi connectivity index (χ3n) is 2.82. The Kier molecular flexibility index (Phi) is 3.76. The van der Waals surface area contributed by atoms with E-state index in [1.165, 1.54) is 0 Å². The van der Waals surface area contributed by atoms with Gasteiger partial charge in [0.15, 0.2) is 0 Å². The molecule has 1 aromatic rings. The Morgan fingerprint density at radius 1 is 1.67 bits per heavy atom. The third-order valence-corrected chi connectivity index (χ3v) is 2.82. The van der Waals surface area contributed by atoms with Crippen molar-refractivity contribution in [1.82, 2.24) is 4.98 Å². The van der Waals surface area contributed by atoms with Gasteiger partial charge in [0.1, 0.15) is 17.2 Å². The number of hydrogen-bond acceptors (Lipinski definition) is 4. The number of hydrogen-bond donors (Lipinski definition) is 1. The number of aromatic carboxylic acids is 1. The molecule has 98 valence electrons. The molecule has 1 N–H and O–H groups in total. The van der Waals surface area contributed by atoms with Crippen molar-refractivity contribution in [3.05, 3.63) is 23.6 Å². The molecule has 2 rings (SSSR count). The van der Waals surface area contributed by atoms with Gasteiger partial charge in [0.2, 0.25) is 0 Å². The first-order valence-electron chi connectivity index (χ1n) is 5.83. The fourth-order valence-electron chi connectivity index (χ4n) is 2.03. The first kappa shape index (κ1) is 12.8. The Bertz CT molecular complexity index is 453. The van der Waals surface area contributed by atoms with E-state index in [4.69, 9.17) is 9.84 Å². The van der Waals surface area contributed by atoms with Crippen molar-refractivity contribution in [2.24, 2.45) is 0 Å². The number of halogens is 1. The molecule has 1 aliphatic heterocycles. The van der Waals surface area contributed by atoms with Crippen molar-refractivity contribution in [2.45, 2.75) is 19.4 Å². The van der Waals surface area contributed by atoms with Crippen molar-refractivity contribution in [3.63, 3.8) is 0 Å². The van der Waals surface area contributed by atoms with Crippen LogP contribution in [0.2, 0.25) is 0 Å². The van der Waals surface area contributed by atoms with Gasteiger partial charge in [-0.2, -0.15) is 0 Å². The number of pyridine rings is 1. The van der Waals surface area contributed by atoms with Crippen LogP contribution in [0.5, 0.6) is 0 Å². The van der Waals surface area contributed by atoms with E-state index in [9.17, 15) is 9.18 Å². The van der Waals surface area contributed by atoms with Crippen LogP contribution in [0.15, 0.2) is 12.3 Å². The summed E-state index contributed by atoms with van der Waals surface area (Å²) in [7, 11) is 0. The van der Waals surface area contributed by atoms with Gasteiger partial charge in [-0.3, -0.25) is 0 Å². The quantitative estimate of drug-likeness (QED) is 0.867. The number of anilines is 1. The van der Waals surface area contributed by atoms with Crippen molar-refractivity contribution >= 4 is 11.8 Å². The minimum Gasteiger partial charge on any atom is -0.478 e. The maximum atomic E-state index is 13.1. The first-order chi connectivity index (χ1) is 8.58. The van der Waals surface area contributed by atoms with E-state index >= 15 is 0 Å². The molecule has 1 saturated heterocycles. The highest BCUT2D eigenvalue weighted by Gasteiger charge is 2.22. The number of ether oxygens (including phenoxy) is 1. The molecular formula is C12H15FN2O3. The van der Waals surface area contributed by atoms with Crippen LogP contribution in [0.1, 0.15) is 23.7 Å². The summed E-state index contributed by atoms with van der Waals surface area (Å²) in [5.74, 6) is -1.51. The summed E-state index contributed by atoms with van der Waals surface area (Å²) >= 11 is 0. The van der Waals surface area contributed by atoms with Gasteiger partial charge >= 0.3 is 5.97 Å². The second-order valence-electron chi connectivity index (χ2n) is 4.31. The topological polar surface area (TPSA) is 62.7 Å². The average Bonchev–Trinajstić information content (AvgIpc) is 2.53. The Morgan fingerprint density at radius 3 is 3.17 bits per heavy atom. The fraction of sp³-hybridized carbons (Fsp3) is 0.500. The third kappa shape index (κ3) is 2.76. The maximum Gasteiger partial charge on any atom is 0.339 e. The minimum atomic E-state index is -1.17. The monoisotopic (exact) mass is 254 g/mol. The van der Waals surface area contributed by atoms with E-state index in [2.05, 4.69) is 4.98 Å². The minimum absolute atomic E-state index is 0.000924. The highest BCUT2D eigenvalue weighted by Crippen LogP contribution is 2.21. The van der Waals surface area contributed by atoms with Gasteiger partial charge in [-0.05, 0) is 19.4 Å². The predicted octanol–water partition coefficient (Wildman–Crippen LogP) is 1.53. The van der Waals surface area contributed by atoms with Crippen LogP contribution in [0.3, 0.4) is 0 Å². The summed E-state index contributed by atoms with van der Waals surface area (Å²) in [5.41, 5.74) is -0.107. The zero-order valence-corrected chi connectivity index (χ0v) is 10.1. The molecule has 0 bridgehead atoms. The molecular weight excluding hydrogens is 239 g/mol. The van der Waals surface area contributed by atoms with Crippen LogP contribution in [0.4, 0.5) is 10.2 Å². The summed E-state index contributed by atoms with van der Waals surface area (Å²) < 4.78 is 18.6. The Labute approximate surface area is 104 Å². The fourth-order valence-corrected chi connectivity index (χ4v) is 2.03. The van der Waals surface area contributed by atoms with Crippen LogP contribution in [0, 0.1) is 5.82 Å². The molecule has 1 aliphatic rings. The smallest absolute Gasteiger partial charge is 0.339 e. The second kappa shape index (κ2) is 5.30. The number of aromatic nitrogens is 1. The second-order valence-corrected chi connectivity index (χ2v) is 4.31. The summed E-state index contributed by atoms with van der Waals surface area (Å²) in [6.07, 6.45) is 1.83. The molecule has 6 heteroatoms. The number of nitrogens with zero attached hydrogens (tertiary/aromatic N) is 2. The molecule has 1 fully saturated rings. The van der Waals surface area contributed by atoms with Gasteiger partial charge in [-0.15, -0.1) is 0 Å². The lowest BCUT2D eigenvalue weighted by Gasteiger charge is -2.24. The number of carboxylic acid groups (broad SMARTS) is 1. The van der Waals surface area contributed by atoms with Crippen molar-refractivity contribution < 1.29 is 19.0 Å². The normalized spacial score (nSPS) is 20.6. The van der Waals surface area contributed by atoms with Gasteiger partial charge in [0.25, 0.3) is 0 Å². The molecule has 0 aromatic carbocycles. The number of carboxylic acids is 1. The summed E-state index contributed by atoms with van der Waals surface area (Å²) in [5, 5.41) is 9.09. The summed E-state index contributed by atoms with van der Waals surface area (Å²) in [6, 6.07) is 1.00. The zero-order valence-electron chi connectivity index (χ0n) is 10.1. The largest absolute Gasteiger partial charge is 0.478 e. The molecule has 1 atom stereocenters. The number of carbonyl (C=O) groups is 1. The van der Waals surface area contributed by atoms with Crippen molar-refractivity contribution in [1.29, 1.82) is 0 Å². The molecule has 1 unspecified atom stereocenters. The zero-order chi connectivity index (χ0) is 13.1. The first-order valence-corrected chi connectivity index (χ1v) is 5.83. The van der Waals surface area contributed by atoms with Crippen molar-refractivity contribution in [2.75, 3.05) is 24.6 Å². The Hall–Kier alpha value is -1.69. The molecule has 0 amide bonds. The van der Waals surface area contributed by atoms with Gasteiger partial charge in [0.05, 0.1) is 12.3 Å². The molecule has 5 nitrogen and oxygen atoms in total. The van der Waals surface area contributed by atoms with Gasteiger partial charge in [-0.25, -0.2) is 14.2 Å². The maximum absolute atomic E-state index is 13.1. The van der Waals surface area contributed by atoms with E-state index in [-0.39, 0.29) is 11.7 Å².